The number of alkyl halides is 3. The van der Waals surface area contributed by atoms with E-state index in [9.17, 15) is 13.2 Å². The van der Waals surface area contributed by atoms with Gasteiger partial charge in [0, 0.05) is 24.7 Å². The molecule has 1 rings (SSSR count). The first-order valence-corrected chi connectivity index (χ1v) is 7.03. The number of methoxy groups -OCH3 is 1. The van der Waals surface area contributed by atoms with E-state index < -0.39 is 13.0 Å². The zero-order valence-electron chi connectivity index (χ0n) is 11.5. The molecule has 0 aliphatic carbocycles. The molecule has 0 aliphatic rings. The van der Waals surface area contributed by atoms with Crippen LogP contribution in [0.1, 0.15) is 5.56 Å². The van der Waals surface area contributed by atoms with Gasteiger partial charge in [-0.1, -0.05) is 15.9 Å². The fraction of sp³-hybridized carbons (Fsp3) is 0.538. The SMILES string of the molecule is COCCNCc1cc(OCCOC(F)(F)F)ccc1Br. The predicted molar refractivity (Wildman–Crippen MR) is 75.2 cm³/mol. The lowest BCUT2D eigenvalue weighted by Gasteiger charge is -2.11. The molecule has 0 heterocycles. The van der Waals surface area contributed by atoms with Gasteiger partial charge < -0.3 is 14.8 Å². The zero-order valence-corrected chi connectivity index (χ0v) is 13.1. The third kappa shape index (κ3) is 8.25. The summed E-state index contributed by atoms with van der Waals surface area (Å²) >= 11 is 3.41. The minimum atomic E-state index is -4.63. The molecule has 0 aliphatic heterocycles. The molecule has 120 valence electrons. The van der Waals surface area contributed by atoms with Crippen LogP contribution in [0.15, 0.2) is 22.7 Å². The van der Waals surface area contributed by atoms with Crippen LogP contribution in [-0.4, -0.2) is 39.8 Å². The van der Waals surface area contributed by atoms with E-state index in [0.717, 1.165) is 10.0 Å². The predicted octanol–water partition coefficient (Wildman–Crippen LogP) is 3.10. The van der Waals surface area contributed by atoms with Gasteiger partial charge in [0.1, 0.15) is 12.4 Å². The summed E-state index contributed by atoms with van der Waals surface area (Å²) in [6.45, 7) is 1.19. The van der Waals surface area contributed by atoms with Crippen molar-refractivity contribution in [2.24, 2.45) is 0 Å². The Labute approximate surface area is 129 Å². The van der Waals surface area contributed by atoms with Crippen LogP contribution in [-0.2, 0) is 16.0 Å². The van der Waals surface area contributed by atoms with Crippen molar-refractivity contribution in [3.05, 3.63) is 28.2 Å². The number of halogens is 4. The molecule has 0 saturated carbocycles. The molecule has 21 heavy (non-hydrogen) atoms. The maximum absolute atomic E-state index is 11.8. The van der Waals surface area contributed by atoms with Gasteiger partial charge in [-0.05, 0) is 23.8 Å². The molecule has 0 radical (unpaired) electrons. The summed E-state index contributed by atoms with van der Waals surface area (Å²) in [6.07, 6.45) is -4.63. The molecule has 0 bridgehead atoms. The van der Waals surface area contributed by atoms with Crippen LogP contribution in [0.25, 0.3) is 0 Å². The van der Waals surface area contributed by atoms with Crippen LogP contribution in [0.2, 0.25) is 0 Å². The second-order valence-electron chi connectivity index (χ2n) is 4.07. The minimum absolute atomic E-state index is 0.169. The van der Waals surface area contributed by atoms with Crippen molar-refractivity contribution in [2.45, 2.75) is 12.9 Å². The molecule has 0 atom stereocenters. The van der Waals surface area contributed by atoms with E-state index in [1.165, 1.54) is 0 Å². The quantitative estimate of drug-likeness (QED) is 0.677. The van der Waals surface area contributed by atoms with E-state index in [0.29, 0.717) is 25.4 Å². The van der Waals surface area contributed by atoms with Gasteiger partial charge in [-0.2, -0.15) is 0 Å². The Hall–Kier alpha value is -0.830. The molecule has 1 N–H and O–H groups in total. The van der Waals surface area contributed by atoms with Gasteiger partial charge in [0.15, 0.2) is 0 Å². The molecule has 8 heteroatoms. The lowest BCUT2D eigenvalue weighted by Crippen LogP contribution is -2.19. The van der Waals surface area contributed by atoms with Crippen LogP contribution in [0.3, 0.4) is 0 Å². The van der Waals surface area contributed by atoms with Crippen LogP contribution < -0.4 is 10.1 Å². The molecule has 0 aromatic heterocycles. The highest BCUT2D eigenvalue weighted by atomic mass is 79.9. The first-order valence-electron chi connectivity index (χ1n) is 6.24. The molecule has 0 saturated heterocycles. The van der Waals surface area contributed by atoms with Crippen LogP contribution >= 0.6 is 15.9 Å². The molecule has 0 unspecified atom stereocenters. The topological polar surface area (TPSA) is 39.7 Å². The lowest BCUT2D eigenvalue weighted by molar-refractivity contribution is -0.325. The van der Waals surface area contributed by atoms with E-state index in [2.05, 4.69) is 26.0 Å². The van der Waals surface area contributed by atoms with Gasteiger partial charge in [0.2, 0.25) is 0 Å². The number of ether oxygens (including phenoxy) is 3. The van der Waals surface area contributed by atoms with Crippen molar-refractivity contribution < 1.29 is 27.4 Å². The van der Waals surface area contributed by atoms with E-state index >= 15 is 0 Å². The summed E-state index contributed by atoms with van der Waals surface area (Å²) in [5, 5.41) is 3.17. The fourth-order valence-corrected chi connectivity index (χ4v) is 1.88. The summed E-state index contributed by atoms with van der Waals surface area (Å²) in [4.78, 5) is 0. The number of nitrogens with one attached hydrogen (secondary N) is 1. The van der Waals surface area contributed by atoms with Crippen LogP contribution in [0.5, 0.6) is 5.75 Å². The fourth-order valence-electron chi connectivity index (χ4n) is 1.49. The number of hydrogen-bond donors (Lipinski definition) is 1. The van der Waals surface area contributed by atoms with E-state index in [1.807, 2.05) is 0 Å². The zero-order chi connectivity index (χ0) is 15.7. The smallest absolute Gasteiger partial charge is 0.491 e. The molecule has 0 fully saturated rings. The van der Waals surface area contributed by atoms with Gasteiger partial charge in [-0.25, -0.2) is 0 Å². The monoisotopic (exact) mass is 371 g/mol. The number of hydrogen-bond acceptors (Lipinski definition) is 4. The van der Waals surface area contributed by atoms with Crippen molar-refractivity contribution in [3.63, 3.8) is 0 Å². The summed E-state index contributed by atoms with van der Waals surface area (Å²) in [6, 6.07) is 5.22. The van der Waals surface area contributed by atoms with Gasteiger partial charge >= 0.3 is 6.36 Å². The minimum Gasteiger partial charge on any atom is -0.491 e. The maximum atomic E-state index is 11.8. The second-order valence-corrected chi connectivity index (χ2v) is 4.92. The largest absolute Gasteiger partial charge is 0.522 e. The highest BCUT2D eigenvalue weighted by Crippen LogP contribution is 2.23. The van der Waals surface area contributed by atoms with Crippen molar-refractivity contribution in [1.29, 1.82) is 0 Å². The van der Waals surface area contributed by atoms with Gasteiger partial charge in [0.05, 0.1) is 13.2 Å². The molecule has 0 amide bonds. The van der Waals surface area contributed by atoms with Gasteiger partial charge in [0.25, 0.3) is 0 Å². The Morgan fingerprint density at radius 2 is 1.95 bits per heavy atom. The average molecular weight is 372 g/mol. The summed E-state index contributed by atoms with van der Waals surface area (Å²) < 4.78 is 50.1. The number of rotatable bonds is 9. The average Bonchev–Trinajstić information content (AvgIpc) is 2.41. The van der Waals surface area contributed by atoms with E-state index in [1.54, 1.807) is 25.3 Å². The van der Waals surface area contributed by atoms with Crippen molar-refractivity contribution >= 4 is 15.9 Å². The summed E-state index contributed by atoms with van der Waals surface area (Å²) in [5.74, 6) is 0.493. The number of benzene rings is 1. The molecule has 0 spiro atoms. The van der Waals surface area contributed by atoms with Crippen molar-refractivity contribution in [3.8, 4) is 5.75 Å². The van der Waals surface area contributed by atoms with Crippen LogP contribution in [0, 0.1) is 0 Å². The lowest BCUT2D eigenvalue weighted by atomic mass is 10.2. The van der Waals surface area contributed by atoms with E-state index in [-0.39, 0.29) is 6.61 Å². The Bertz CT molecular complexity index is 430. The Morgan fingerprint density at radius 3 is 2.62 bits per heavy atom. The summed E-state index contributed by atoms with van der Waals surface area (Å²) in [5.41, 5.74) is 0.945. The highest BCUT2D eigenvalue weighted by Gasteiger charge is 2.28. The third-order valence-electron chi connectivity index (χ3n) is 2.43. The molecular weight excluding hydrogens is 355 g/mol. The maximum Gasteiger partial charge on any atom is 0.522 e. The van der Waals surface area contributed by atoms with Gasteiger partial charge in [-0.3, -0.25) is 4.74 Å². The Morgan fingerprint density at radius 1 is 1.19 bits per heavy atom. The highest BCUT2D eigenvalue weighted by molar-refractivity contribution is 9.10. The van der Waals surface area contributed by atoms with E-state index in [4.69, 9.17) is 9.47 Å². The van der Waals surface area contributed by atoms with Gasteiger partial charge in [-0.15, -0.1) is 13.2 Å². The van der Waals surface area contributed by atoms with Crippen molar-refractivity contribution in [1.82, 2.24) is 5.32 Å². The Balaban J connectivity index is 2.41. The molecule has 4 nitrogen and oxygen atoms in total. The first-order chi connectivity index (χ1) is 9.92. The molecule has 1 aromatic carbocycles. The Kier molecular flexibility index (Phi) is 8.02. The molecule has 1 aromatic rings. The van der Waals surface area contributed by atoms with Crippen molar-refractivity contribution in [2.75, 3.05) is 33.5 Å². The third-order valence-corrected chi connectivity index (χ3v) is 3.21. The standard InChI is InChI=1S/C13H17BrF3NO3/c1-19-5-4-18-9-10-8-11(2-3-12(10)14)20-6-7-21-13(15,16)17/h2-3,8,18H,4-7,9H2,1H3. The normalized spacial score (nSPS) is 11.7. The molecular formula is C13H17BrF3NO3. The van der Waals surface area contributed by atoms with Crippen LogP contribution in [0.4, 0.5) is 13.2 Å². The summed E-state index contributed by atoms with van der Waals surface area (Å²) in [7, 11) is 1.62. The second kappa shape index (κ2) is 9.24. The first kappa shape index (κ1) is 18.2.